The fourth-order valence-electron chi connectivity index (χ4n) is 6.73. The molecule has 0 saturated heterocycles. The first-order valence-electron chi connectivity index (χ1n) is 21.5. The van der Waals surface area contributed by atoms with Crippen molar-refractivity contribution in [3.8, 4) is 0 Å². The van der Waals surface area contributed by atoms with Crippen LogP contribution in [0.3, 0.4) is 0 Å². The van der Waals surface area contributed by atoms with Crippen molar-refractivity contribution in [3.05, 3.63) is 23.0 Å². The van der Waals surface area contributed by atoms with Gasteiger partial charge in [-0.05, 0) is 25.7 Å². The van der Waals surface area contributed by atoms with E-state index in [1.807, 2.05) is 0 Å². The first kappa shape index (κ1) is 49.6. The maximum Gasteiger partial charge on any atom is 0.162 e. The van der Waals surface area contributed by atoms with Gasteiger partial charge < -0.3 is 33.2 Å². The number of hydrogen-bond donors (Lipinski definition) is 0. The maximum absolute atomic E-state index is 6.36. The Morgan fingerprint density at radius 1 is 0.353 bits per heavy atom. The lowest BCUT2D eigenvalue weighted by Gasteiger charge is -2.24. The van der Waals surface area contributed by atoms with Crippen LogP contribution in [0.4, 0.5) is 0 Å². The average molecular weight is 727 g/mol. The molecule has 0 rings (SSSR count). The van der Waals surface area contributed by atoms with Gasteiger partial charge in [0.25, 0.3) is 0 Å². The molecular weight excluding hydrogens is 640 g/mol. The van der Waals surface area contributed by atoms with Crippen LogP contribution in [-0.2, 0) is 33.2 Å². The van der Waals surface area contributed by atoms with E-state index in [4.69, 9.17) is 33.2 Å². The second kappa shape index (κ2) is 38.3. The number of unbranched alkanes of at least 4 members (excludes halogenated alkanes) is 20. The molecule has 0 heterocycles. The molecule has 0 N–H and O–H groups in total. The number of rotatable bonds is 40. The van der Waals surface area contributed by atoms with E-state index in [9.17, 15) is 0 Å². The Morgan fingerprint density at radius 3 is 0.941 bits per heavy atom. The molecule has 7 nitrogen and oxygen atoms in total. The second-order valence-corrected chi connectivity index (χ2v) is 14.3. The molecule has 0 aromatic rings. The minimum absolute atomic E-state index is 0.115. The Labute approximate surface area is 317 Å². The zero-order chi connectivity index (χ0) is 37.6. The monoisotopic (exact) mass is 727 g/mol. The molecule has 0 aliphatic carbocycles. The summed E-state index contributed by atoms with van der Waals surface area (Å²) in [4.78, 5) is 0. The van der Waals surface area contributed by atoms with Crippen LogP contribution in [0.25, 0.3) is 0 Å². The summed E-state index contributed by atoms with van der Waals surface area (Å²) in [5.41, 5.74) is 0. The molecule has 0 aromatic heterocycles. The molecule has 51 heavy (non-hydrogen) atoms. The minimum Gasteiger partial charge on any atom is -0.497 e. The van der Waals surface area contributed by atoms with Crippen molar-refractivity contribution in [1.82, 2.24) is 0 Å². The van der Waals surface area contributed by atoms with Gasteiger partial charge in [0.1, 0.15) is 23.7 Å². The van der Waals surface area contributed by atoms with Gasteiger partial charge in [-0.3, -0.25) is 0 Å². The smallest absolute Gasteiger partial charge is 0.162 e. The summed E-state index contributed by atoms with van der Waals surface area (Å²) in [6.45, 7) is 9.25. The summed E-state index contributed by atoms with van der Waals surface area (Å²) in [6.07, 6.45) is 32.8. The Balaban J connectivity index is 5.36. The Hall–Kier alpha value is -1.44. The van der Waals surface area contributed by atoms with Crippen molar-refractivity contribution in [3.63, 3.8) is 0 Å². The highest BCUT2D eigenvalue weighted by Crippen LogP contribution is 2.26. The van der Waals surface area contributed by atoms with Crippen LogP contribution in [0.15, 0.2) is 23.0 Å². The summed E-state index contributed by atoms with van der Waals surface area (Å²) in [6, 6.07) is 0. The molecule has 304 valence electrons. The summed E-state index contributed by atoms with van der Waals surface area (Å²) >= 11 is 0. The first-order chi connectivity index (χ1) is 25.1. The van der Waals surface area contributed by atoms with Gasteiger partial charge in [0.05, 0.1) is 28.4 Å². The molecule has 0 spiro atoms. The van der Waals surface area contributed by atoms with Gasteiger partial charge in [-0.25, -0.2) is 0 Å². The van der Waals surface area contributed by atoms with Gasteiger partial charge in [-0.2, -0.15) is 0 Å². The Morgan fingerprint density at radius 2 is 0.647 bits per heavy atom. The molecule has 2 atom stereocenters. The molecule has 0 aliphatic heterocycles. The van der Waals surface area contributed by atoms with Crippen molar-refractivity contribution in [2.45, 2.75) is 220 Å². The van der Waals surface area contributed by atoms with Crippen molar-refractivity contribution in [2.75, 3.05) is 42.0 Å². The van der Waals surface area contributed by atoms with E-state index in [2.05, 4.69) is 27.7 Å². The molecule has 0 amide bonds. The molecule has 7 heteroatoms. The second-order valence-electron chi connectivity index (χ2n) is 14.3. The summed E-state index contributed by atoms with van der Waals surface area (Å²) < 4.78 is 42.4. The van der Waals surface area contributed by atoms with Crippen LogP contribution in [0.5, 0.6) is 0 Å². The number of methoxy groups -OCH3 is 4. The van der Waals surface area contributed by atoms with E-state index in [0.717, 1.165) is 74.4 Å². The van der Waals surface area contributed by atoms with Crippen molar-refractivity contribution < 1.29 is 33.2 Å². The normalized spacial score (nSPS) is 13.8. The Bertz CT molecular complexity index is 732. The van der Waals surface area contributed by atoms with E-state index in [1.165, 1.54) is 128 Å². The van der Waals surface area contributed by atoms with Gasteiger partial charge >= 0.3 is 0 Å². The quantitative estimate of drug-likeness (QED) is 0.0354. The number of hydrogen-bond acceptors (Lipinski definition) is 7. The molecule has 0 saturated carbocycles. The van der Waals surface area contributed by atoms with Crippen molar-refractivity contribution in [2.24, 2.45) is 0 Å². The van der Waals surface area contributed by atoms with Crippen LogP contribution in [-0.4, -0.2) is 54.2 Å². The highest BCUT2D eigenvalue weighted by atomic mass is 16.7. The van der Waals surface area contributed by atoms with Gasteiger partial charge in [-0.1, -0.05) is 169 Å². The molecule has 0 radical (unpaired) electrons. The van der Waals surface area contributed by atoms with E-state index in [-0.39, 0.29) is 25.8 Å². The van der Waals surface area contributed by atoms with E-state index < -0.39 is 0 Å². The lowest BCUT2D eigenvalue weighted by Crippen LogP contribution is -2.24. The van der Waals surface area contributed by atoms with Crippen molar-refractivity contribution in [1.29, 1.82) is 0 Å². The molecule has 0 aliphatic rings. The molecule has 2 unspecified atom stereocenters. The van der Waals surface area contributed by atoms with Crippen molar-refractivity contribution >= 4 is 0 Å². The predicted molar refractivity (Wildman–Crippen MR) is 215 cm³/mol. The van der Waals surface area contributed by atoms with Gasteiger partial charge in [0, 0.05) is 12.8 Å². The molecule has 0 aromatic carbocycles. The molecule has 0 bridgehead atoms. The fourth-order valence-corrected chi connectivity index (χ4v) is 6.73. The third kappa shape index (κ3) is 26.9. The zero-order valence-corrected chi connectivity index (χ0v) is 35.2. The largest absolute Gasteiger partial charge is 0.497 e. The first-order valence-corrected chi connectivity index (χ1v) is 21.5. The third-order valence-electron chi connectivity index (χ3n) is 9.93. The summed E-state index contributed by atoms with van der Waals surface area (Å²) in [5, 5.41) is 0. The Kier molecular flexibility index (Phi) is 37.2. The maximum atomic E-state index is 6.36. The standard InChI is InChI=1S/C44H86O7/c1-9-13-17-21-23-25-27-31-33-39(45-5)43(47-7)41(35-29-19-15-11-3)50-37-49-38-51-42(36-30-20-16-12-4)44(48-8)40(46-6)34-32-28-26-24-22-18-14-10-2/h41-42H,9-38H2,1-8H3. The zero-order valence-electron chi connectivity index (χ0n) is 35.2. The number of allylic oxidation sites excluding steroid dienone is 2. The van der Waals surface area contributed by atoms with E-state index >= 15 is 0 Å². The van der Waals surface area contributed by atoms with Crippen LogP contribution >= 0.6 is 0 Å². The highest BCUT2D eigenvalue weighted by Gasteiger charge is 2.23. The fraction of sp³-hybridized carbons (Fsp3) is 0.909. The molecule has 0 fully saturated rings. The van der Waals surface area contributed by atoms with Crippen LogP contribution in [0.2, 0.25) is 0 Å². The SMILES string of the molecule is CCCCCCCCCCC(OC)=C(OC)C(CCCCCC)OCOCOC(CCCCCC)C(OC)=C(CCCCCCCCCC)OC. The lowest BCUT2D eigenvalue weighted by atomic mass is 10.0. The van der Waals surface area contributed by atoms with E-state index in [0.29, 0.717) is 0 Å². The van der Waals surface area contributed by atoms with Crippen LogP contribution in [0, 0.1) is 0 Å². The van der Waals surface area contributed by atoms with Crippen LogP contribution in [0.1, 0.15) is 207 Å². The van der Waals surface area contributed by atoms with Gasteiger partial charge in [0.15, 0.2) is 25.1 Å². The predicted octanol–water partition coefficient (Wildman–Crippen LogP) is 13.7. The minimum atomic E-state index is -0.220. The molecular formula is C44H86O7. The topological polar surface area (TPSA) is 64.6 Å². The van der Waals surface area contributed by atoms with Gasteiger partial charge in [-0.15, -0.1) is 0 Å². The number of ether oxygens (including phenoxy) is 7. The van der Waals surface area contributed by atoms with Crippen LogP contribution < -0.4 is 0 Å². The average Bonchev–Trinajstić information content (AvgIpc) is 3.15. The van der Waals surface area contributed by atoms with Gasteiger partial charge in [0.2, 0.25) is 0 Å². The van der Waals surface area contributed by atoms with E-state index in [1.54, 1.807) is 28.4 Å². The summed E-state index contributed by atoms with van der Waals surface area (Å²) in [5.74, 6) is 3.38. The third-order valence-corrected chi connectivity index (χ3v) is 9.93. The lowest BCUT2D eigenvalue weighted by molar-refractivity contribution is -0.166. The summed E-state index contributed by atoms with van der Waals surface area (Å²) in [7, 11) is 6.97. The highest BCUT2D eigenvalue weighted by molar-refractivity contribution is 5.08.